The predicted octanol–water partition coefficient (Wildman–Crippen LogP) is 4.05. The van der Waals surface area contributed by atoms with Gasteiger partial charge < -0.3 is 4.74 Å². The lowest BCUT2D eigenvalue weighted by molar-refractivity contribution is 0.0323. The monoisotopic (exact) mass is 229 g/mol. The highest BCUT2D eigenvalue weighted by Crippen LogP contribution is 2.06. The van der Waals surface area contributed by atoms with Gasteiger partial charge in [0.15, 0.2) is 0 Å². The molecule has 0 aromatic carbocycles. The van der Waals surface area contributed by atoms with E-state index in [1.165, 1.54) is 44.9 Å². The van der Waals surface area contributed by atoms with E-state index in [0.29, 0.717) is 0 Å². The van der Waals surface area contributed by atoms with Crippen LogP contribution in [0.15, 0.2) is 0 Å². The van der Waals surface area contributed by atoms with Crippen LogP contribution in [-0.2, 0) is 4.74 Å². The summed E-state index contributed by atoms with van der Waals surface area (Å²) in [6, 6.07) is 0. The van der Waals surface area contributed by atoms with Gasteiger partial charge >= 0.3 is 0 Å². The number of rotatable bonds is 12. The number of unbranched alkanes of at least 4 members (excludes halogenated alkanes) is 6. The second-order valence-electron chi connectivity index (χ2n) is 4.46. The third-order valence-corrected chi connectivity index (χ3v) is 3.06. The Balaban J connectivity index is 3.03. The maximum absolute atomic E-state index is 5.63. The van der Waals surface area contributed by atoms with Gasteiger partial charge in [0, 0.05) is 6.61 Å². The lowest BCUT2D eigenvalue weighted by Gasteiger charge is -2.17. The lowest BCUT2D eigenvalue weighted by atomic mass is 10.1. The zero-order valence-corrected chi connectivity index (χ0v) is 11.6. The summed E-state index contributed by atoms with van der Waals surface area (Å²) in [6.07, 6.45) is 9.51. The van der Waals surface area contributed by atoms with Gasteiger partial charge in [0.2, 0.25) is 0 Å². The first-order valence-corrected chi connectivity index (χ1v) is 7.15. The first kappa shape index (κ1) is 15.9. The molecule has 16 heavy (non-hydrogen) atoms. The first-order chi connectivity index (χ1) is 7.85. The quantitative estimate of drug-likeness (QED) is 0.370. The van der Waals surface area contributed by atoms with E-state index < -0.39 is 0 Å². The van der Waals surface area contributed by atoms with Crippen molar-refractivity contribution in [2.45, 2.75) is 65.7 Å². The molecule has 0 N–H and O–H groups in total. The van der Waals surface area contributed by atoms with Crippen LogP contribution in [0.2, 0.25) is 0 Å². The molecule has 0 saturated carbocycles. The van der Waals surface area contributed by atoms with Crippen molar-refractivity contribution in [1.82, 2.24) is 4.90 Å². The van der Waals surface area contributed by atoms with Crippen LogP contribution in [0.5, 0.6) is 0 Å². The topological polar surface area (TPSA) is 12.5 Å². The molecule has 0 rings (SSSR count). The Kier molecular flexibility index (Phi) is 12.9. The Hall–Kier alpha value is -0.0800. The number of hydrogen-bond acceptors (Lipinski definition) is 2. The third-order valence-electron chi connectivity index (χ3n) is 3.06. The molecule has 98 valence electrons. The van der Waals surface area contributed by atoms with Crippen molar-refractivity contribution in [3.63, 3.8) is 0 Å². The summed E-state index contributed by atoms with van der Waals surface area (Å²) < 4.78 is 5.63. The lowest BCUT2D eigenvalue weighted by Crippen LogP contribution is -2.26. The van der Waals surface area contributed by atoms with E-state index in [2.05, 4.69) is 25.7 Å². The minimum absolute atomic E-state index is 0.808. The fourth-order valence-electron chi connectivity index (χ4n) is 1.76. The van der Waals surface area contributed by atoms with Gasteiger partial charge in [-0.3, -0.25) is 4.90 Å². The number of ether oxygens (including phenoxy) is 1. The smallest absolute Gasteiger partial charge is 0.0990 e. The molecule has 0 amide bonds. The van der Waals surface area contributed by atoms with Gasteiger partial charge in [0.05, 0.1) is 6.73 Å². The molecule has 0 aliphatic carbocycles. The minimum Gasteiger partial charge on any atom is -0.366 e. The molecule has 0 fully saturated rings. The maximum atomic E-state index is 5.63. The van der Waals surface area contributed by atoms with E-state index in [1.807, 2.05) is 0 Å². The van der Waals surface area contributed by atoms with E-state index in [4.69, 9.17) is 4.74 Å². The van der Waals surface area contributed by atoms with Gasteiger partial charge in [-0.25, -0.2) is 0 Å². The Morgan fingerprint density at radius 2 is 1.31 bits per heavy atom. The number of hydrogen-bond donors (Lipinski definition) is 0. The maximum Gasteiger partial charge on any atom is 0.0990 e. The van der Waals surface area contributed by atoms with Gasteiger partial charge in [0.1, 0.15) is 0 Å². The second kappa shape index (κ2) is 13.0. The van der Waals surface area contributed by atoms with Crippen LogP contribution in [0.4, 0.5) is 0 Å². The molecule has 0 aliphatic heterocycles. The third kappa shape index (κ3) is 10.4. The molecule has 0 aliphatic rings. The molecule has 0 unspecified atom stereocenters. The van der Waals surface area contributed by atoms with Crippen molar-refractivity contribution in [3.8, 4) is 0 Å². The average molecular weight is 229 g/mol. The fourth-order valence-corrected chi connectivity index (χ4v) is 1.76. The van der Waals surface area contributed by atoms with Crippen LogP contribution in [-0.4, -0.2) is 31.3 Å². The summed E-state index contributed by atoms with van der Waals surface area (Å²) >= 11 is 0. The summed E-state index contributed by atoms with van der Waals surface area (Å²) in [4.78, 5) is 2.31. The summed E-state index contributed by atoms with van der Waals surface area (Å²) in [5.74, 6) is 0. The molecule has 0 bridgehead atoms. The minimum atomic E-state index is 0.808. The highest BCUT2D eigenvalue weighted by atomic mass is 16.5. The van der Waals surface area contributed by atoms with Gasteiger partial charge in [-0.05, 0) is 19.5 Å². The van der Waals surface area contributed by atoms with Crippen LogP contribution in [0.25, 0.3) is 0 Å². The Morgan fingerprint density at radius 3 is 1.88 bits per heavy atom. The zero-order chi connectivity index (χ0) is 12.1. The SMILES string of the molecule is CCCCCCCCCOCN(CC)CC. The van der Waals surface area contributed by atoms with Crippen molar-refractivity contribution in [2.24, 2.45) is 0 Å². The van der Waals surface area contributed by atoms with Crippen molar-refractivity contribution < 1.29 is 4.74 Å². The Bertz CT molecular complexity index is 124. The highest BCUT2D eigenvalue weighted by Gasteiger charge is 1.97. The van der Waals surface area contributed by atoms with E-state index in [0.717, 1.165) is 26.4 Å². The molecule has 0 atom stereocenters. The summed E-state index contributed by atoms with van der Waals surface area (Å²) in [7, 11) is 0. The second-order valence-corrected chi connectivity index (χ2v) is 4.46. The largest absolute Gasteiger partial charge is 0.366 e. The number of nitrogens with zero attached hydrogens (tertiary/aromatic N) is 1. The normalized spacial score (nSPS) is 11.2. The standard InChI is InChI=1S/C14H31NO/c1-4-7-8-9-10-11-12-13-16-14-15(5-2)6-3/h4-14H2,1-3H3. The van der Waals surface area contributed by atoms with Crippen molar-refractivity contribution in [2.75, 3.05) is 26.4 Å². The van der Waals surface area contributed by atoms with Crippen LogP contribution in [0.1, 0.15) is 65.7 Å². The molecule has 0 saturated heterocycles. The van der Waals surface area contributed by atoms with Gasteiger partial charge in [-0.15, -0.1) is 0 Å². The molecule has 0 radical (unpaired) electrons. The van der Waals surface area contributed by atoms with Crippen molar-refractivity contribution in [3.05, 3.63) is 0 Å². The van der Waals surface area contributed by atoms with E-state index >= 15 is 0 Å². The fraction of sp³-hybridized carbons (Fsp3) is 1.00. The van der Waals surface area contributed by atoms with Crippen LogP contribution >= 0.6 is 0 Å². The molecule has 0 aromatic heterocycles. The highest BCUT2D eigenvalue weighted by molar-refractivity contribution is 4.46. The molecular weight excluding hydrogens is 198 g/mol. The molecule has 2 heteroatoms. The van der Waals surface area contributed by atoms with E-state index in [1.54, 1.807) is 0 Å². The van der Waals surface area contributed by atoms with Gasteiger partial charge in [-0.2, -0.15) is 0 Å². The van der Waals surface area contributed by atoms with Crippen LogP contribution in [0.3, 0.4) is 0 Å². The summed E-state index contributed by atoms with van der Waals surface area (Å²) in [5.41, 5.74) is 0. The Labute approximate surface area is 102 Å². The molecule has 0 spiro atoms. The predicted molar refractivity (Wildman–Crippen MR) is 71.7 cm³/mol. The molecule has 0 heterocycles. The van der Waals surface area contributed by atoms with Crippen molar-refractivity contribution in [1.29, 1.82) is 0 Å². The van der Waals surface area contributed by atoms with Crippen LogP contribution < -0.4 is 0 Å². The summed E-state index contributed by atoms with van der Waals surface area (Å²) in [6.45, 7) is 10.6. The molecule has 2 nitrogen and oxygen atoms in total. The zero-order valence-electron chi connectivity index (χ0n) is 11.6. The van der Waals surface area contributed by atoms with E-state index in [-0.39, 0.29) is 0 Å². The Morgan fingerprint density at radius 1 is 0.750 bits per heavy atom. The average Bonchev–Trinajstić information content (AvgIpc) is 2.32. The molecule has 0 aromatic rings. The van der Waals surface area contributed by atoms with Crippen LogP contribution in [0, 0.1) is 0 Å². The van der Waals surface area contributed by atoms with Crippen molar-refractivity contribution >= 4 is 0 Å². The first-order valence-electron chi connectivity index (χ1n) is 7.15. The van der Waals surface area contributed by atoms with Gasteiger partial charge in [0.25, 0.3) is 0 Å². The molecular formula is C14H31NO. The van der Waals surface area contributed by atoms with E-state index in [9.17, 15) is 0 Å². The van der Waals surface area contributed by atoms with Gasteiger partial charge in [-0.1, -0.05) is 59.3 Å². The summed E-state index contributed by atoms with van der Waals surface area (Å²) in [5, 5.41) is 0.